The normalized spacial score (nSPS) is 18.6. The van der Waals surface area contributed by atoms with Crippen molar-refractivity contribution in [3.05, 3.63) is 6.54 Å². The first-order valence-electron chi connectivity index (χ1n) is 4.08. The SMILES string of the molecule is CCOC(=O)[CH]N1CCCC1. The van der Waals surface area contributed by atoms with Crippen molar-refractivity contribution >= 4 is 5.97 Å². The maximum absolute atomic E-state index is 10.9. The molecule has 1 rings (SSSR count). The maximum Gasteiger partial charge on any atom is 0.325 e. The fourth-order valence-corrected chi connectivity index (χ4v) is 1.20. The zero-order valence-corrected chi connectivity index (χ0v) is 6.88. The summed E-state index contributed by atoms with van der Waals surface area (Å²) in [6.07, 6.45) is 2.38. The highest BCUT2D eigenvalue weighted by Gasteiger charge is 2.15. The first-order chi connectivity index (χ1) is 5.33. The molecule has 0 saturated carbocycles. The van der Waals surface area contributed by atoms with Crippen LogP contribution < -0.4 is 0 Å². The van der Waals surface area contributed by atoms with Crippen LogP contribution in [0, 0.1) is 6.54 Å². The van der Waals surface area contributed by atoms with Crippen LogP contribution in [0.5, 0.6) is 0 Å². The Morgan fingerprint density at radius 3 is 2.73 bits per heavy atom. The molecular weight excluding hydrogens is 142 g/mol. The van der Waals surface area contributed by atoms with Gasteiger partial charge in [-0.25, -0.2) is 0 Å². The second kappa shape index (κ2) is 4.34. The number of esters is 1. The molecule has 1 saturated heterocycles. The van der Waals surface area contributed by atoms with Gasteiger partial charge in [-0.2, -0.15) is 0 Å². The van der Waals surface area contributed by atoms with Gasteiger partial charge in [0.25, 0.3) is 0 Å². The highest BCUT2D eigenvalue weighted by atomic mass is 16.5. The summed E-state index contributed by atoms with van der Waals surface area (Å²) < 4.78 is 4.77. The van der Waals surface area contributed by atoms with Gasteiger partial charge in [-0.1, -0.05) is 0 Å². The number of hydrogen-bond acceptors (Lipinski definition) is 3. The molecule has 1 heterocycles. The molecule has 63 valence electrons. The number of nitrogens with zero attached hydrogens (tertiary/aromatic N) is 1. The van der Waals surface area contributed by atoms with Gasteiger partial charge in [0.1, 0.15) is 6.54 Å². The van der Waals surface area contributed by atoms with E-state index >= 15 is 0 Å². The lowest BCUT2D eigenvalue weighted by molar-refractivity contribution is -0.140. The molecular formula is C8H14NO2. The van der Waals surface area contributed by atoms with E-state index in [0.717, 1.165) is 13.1 Å². The Bertz CT molecular complexity index is 130. The Kier molecular flexibility index (Phi) is 3.36. The minimum atomic E-state index is -0.214. The van der Waals surface area contributed by atoms with E-state index in [2.05, 4.69) is 0 Å². The Balaban J connectivity index is 2.13. The van der Waals surface area contributed by atoms with Crippen molar-refractivity contribution in [2.75, 3.05) is 19.7 Å². The lowest BCUT2D eigenvalue weighted by Crippen LogP contribution is -2.22. The van der Waals surface area contributed by atoms with Gasteiger partial charge in [-0.15, -0.1) is 0 Å². The summed E-state index contributed by atoms with van der Waals surface area (Å²) in [5, 5.41) is 0. The second-order valence-electron chi connectivity index (χ2n) is 2.62. The maximum atomic E-state index is 10.9. The number of likely N-dealkylation sites (tertiary alicyclic amines) is 1. The van der Waals surface area contributed by atoms with Crippen LogP contribution in [-0.4, -0.2) is 30.6 Å². The van der Waals surface area contributed by atoms with Gasteiger partial charge in [-0.05, 0) is 32.9 Å². The van der Waals surface area contributed by atoms with Crippen LogP contribution in [0.2, 0.25) is 0 Å². The van der Waals surface area contributed by atoms with Gasteiger partial charge < -0.3 is 4.74 Å². The summed E-state index contributed by atoms with van der Waals surface area (Å²) in [6.45, 7) is 5.84. The van der Waals surface area contributed by atoms with Crippen molar-refractivity contribution in [3.63, 3.8) is 0 Å². The number of carbonyl (C=O) groups is 1. The van der Waals surface area contributed by atoms with Gasteiger partial charge in [-0.3, -0.25) is 9.69 Å². The van der Waals surface area contributed by atoms with Crippen molar-refractivity contribution < 1.29 is 9.53 Å². The van der Waals surface area contributed by atoms with Crippen molar-refractivity contribution in [3.8, 4) is 0 Å². The average molecular weight is 156 g/mol. The van der Waals surface area contributed by atoms with Crippen molar-refractivity contribution in [2.45, 2.75) is 19.8 Å². The summed E-state index contributed by atoms with van der Waals surface area (Å²) in [6, 6.07) is 0. The summed E-state index contributed by atoms with van der Waals surface area (Å²) in [5.41, 5.74) is 0. The van der Waals surface area contributed by atoms with Crippen LogP contribution in [-0.2, 0) is 9.53 Å². The molecule has 0 amide bonds. The fraction of sp³-hybridized carbons (Fsp3) is 0.750. The Labute approximate surface area is 67.3 Å². The number of hydrogen-bond donors (Lipinski definition) is 0. The van der Waals surface area contributed by atoms with Gasteiger partial charge in [0, 0.05) is 0 Å². The molecule has 0 spiro atoms. The van der Waals surface area contributed by atoms with E-state index in [4.69, 9.17) is 4.74 Å². The third-order valence-electron chi connectivity index (χ3n) is 1.72. The van der Waals surface area contributed by atoms with E-state index in [1.165, 1.54) is 12.8 Å². The van der Waals surface area contributed by atoms with Crippen LogP contribution in [0.1, 0.15) is 19.8 Å². The summed E-state index contributed by atoms with van der Waals surface area (Å²) in [4.78, 5) is 12.9. The minimum absolute atomic E-state index is 0.214. The van der Waals surface area contributed by atoms with Crippen LogP contribution in [0.4, 0.5) is 0 Å². The van der Waals surface area contributed by atoms with E-state index in [-0.39, 0.29) is 5.97 Å². The number of carbonyl (C=O) groups excluding carboxylic acids is 1. The van der Waals surface area contributed by atoms with E-state index in [9.17, 15) is 4.79 Å². The molecule has 0 aliphatic carbocycles. The molecule has 1 aliphatic heterocycles. The second-order valence-corrected chi connectivity index (χ2v) is 2.62. The molecule has 0 atom stereocenters. The Hall–Kier alpha value is -0.570. The van der Waals surface area contributed by atoms with Gasteiger partial charge in [0.15, 0.2) is 0 Å². The summed E-state index contributed by atoms with van der Waals surface area (Å²) in [7, 11) is 0. The van der Waals surface area contributed by atoms with Crippen molar-refractivity contribution in [1.82, 2.24) is 4.90 Å². The third-order valence-corrected chi connectivity index (χ3v) is 1.72. The molecule has 0 bridgehead atoms. The predicted octanol–water partition coefficient (Wildman–Crippen LogP) is 0.807. The molecule has 3 nitrogen and oxygen atoms in total. The lowest BCUT2D eigenvalue weighted by Gasteiger charge is -2.11. The zero-order chi connectivity index (χ0) is 8.10. The fourth-order valence-electron chi connectivity index (χ4n) is 1.20. The van der Waals surface area contributed by atoms with Gasteiger partial charge in [0.2, 0.25) is 0 Å². The molecule has 1 aliphatic rings. The molecule has 0 aromatic carbocycles. The largest absolute Gasteiger partial charge is 0.465 e. The van der Waals surface area contributed by atoms with Crippen molar-refractivity contribution in [1.29, 1.82) is 0 Å². The average Bonchev–Trinajstić information content (AvgIpc) is 2.40. The standard InChI is InChI=1S/C8H14NO2/c1-2-11-8(10)7-9-5-3-4-6-9/h7H,2-6H2,1H3. The molecule has 0 unspecified atom stereocenters. The number of rotatable bonds is 3. The van der Waals surface area contributed by atoms with Crippen molar-refractivity contribution in [2.24, 2.45) is 0 Å². The van der Waals surface area contributed by atoms with Crippen LogP contribution >= 0.6 is 0 Å². The Morgan fingerprint density at radius 1 is 1.55 bits per heavy atom. The Morgan fingerprint density at radius 2 is 2.18 bits per heavy atom. The van der Waals surface area contributed by atoms with E-state index in [0.29, 0.717) is 6.61 Å². The topological polar surface area (TPSA) is 29.5 Å². The molecule has 1 radical (unpaired) electrons. The monoisotopic (exact) mass is 156 g/mol. The van der Waals surface area contributed by atoms with Crippen LogP contribution in [0.25, 0.3) is 0 Å². The van der Waals surface area contributed by atoms with Crippen LogP contribution in [0.3, 0.4) is 0 Å². The lowest BCUT2D eigenvalue weighted by atomic mass is 10.4. The van der Waals surface area contributed by atoms with Crippen LogP contribution in [0.15, 0.2) is 0 Å². The van der Waals surface area contributed by atoms with E-state index < -0.39 is 0 Å². The van der Waals surface area contributed by atoms with E-state index in [1.807, 2.05) is 11.8 Å². The number of ether oxygens (including phenoxy) is 1. The molecule has 1 fully saturated rings. The third kappa shape index (κ3) is 2.89. The summed E-state index contributed by atoms with van der Waals surface area (Å²) >= 11 is 0. The quantitative estimate of drug-likeness (QED) is 0.566. The molecule has 0 N–H and O–H groups in total. The predicted molar refractivity (Wildman–Crippen MR) is 41.7 cm³/mol. The smallest absolute Gasteiger partial charge is 0.325 e. The molecule has 11 heavy (non-hydrogen) atoms. The van der Waals surface area contributed by atoms with Gasteiger partial charge in [0.05, 0.1) is 6.61 Å². The molecule has 0 aromatic rings. The highest BCUT2D eigenvalue weighted by molar-refractivity contribution is 5.78. The molecule has 3 heteroatoms. The minimum Gasteiger partial charge on any atom is -0.465 e. The molecule has 0 aromatic heterocycles. The first kappa shape index (κ1) is 8.53. The van der Waals surface area contributed by atoms with Gasteiger partial charge >= 0.3 is 5.97 Å². The van der Waals surface area contributed by atoms with E-state index in [1.54, 1.807) is 6.54 Å². The summed E-state index contributed by atoms with van der Waals surface area (Å²) in [5.74, 6) is -0.214. The first-order valence-corrected chi connectivity index (χ1v) is 4.08. The highest BCUT2D eigenvalue weighted by Crippen LogP contribution is 2.08. The zero-order valence-electron chi connectivity index (χ0n) is 6.88.